The highest BCUT2D eigenvalue weighted by Crippen LogP contribution is 2.57. The predicted octanol–water partition coefficient (Wildman–Crippen LogP) is 12.5. The number of hydrogen-bond acceptors (Lipinski definition) is 0. The third-order valence-corrected chi connectivity index (χ3v) is 10.3. The average Bonchev–Trinajstić information content (AvgIpc) is 3.84. The molecule has 0 unspecified atom stereocenters. The fourth-order valence-electron chi connectivity index (χ4n) is 7.97. The van der Waals surface area contributed by atoms with Gasteiger partial charge in [0.05, 0.1) is 30.2 Å². The van der Waals surface area contributed by atoms with Crippen molar-refractivity contribution in [1.29, 1.82) is 0 Å². The number of nitrogens with zero attached hydrogens (tertiary/aromatic N) is 2. The summed E-state index contributed by atoms with van der Waals surface area (Å²) in [7, 11) is 0. The van der Waals surface area contributed by atoms with Gasteiger partial charge < -0.3 is 9.13 Å². The number of rotatable bonds is 4. The highest BCUT2D eigenvalue weighted by Gasteiger charge is 2.46. The van der Waals surface area contributed by atoms with Crippen molar-refractivity contribution >= 4 is 21.8 Å². The molecule has 1 aliphatic rings. The summed E-state index contributed by atoms with van der Waals surface area (Å²) in [6, 6.07) is 29.9. The lowest BCUT2D eigenvalue weighted by molar-refractivity contribution is 0.594. The summed E-state index contributed by atoms with van der Waals surface area (Å²) in [6.45, 7) is 11.7. The van der Waals surface area contributed by atoms with Crippen LogP contribution in [0.4, 0.5) is 0 Å². The molecule has 0 bridgehead atoms. The highest BCUT2D eigenvalue weighted by molar-refractivity contribution is 5.91. The summed E-state index contributed by atoms with van der Waals surface area (Å²) in [5.74, 6) is 0. The lowest BCUT2D eigenvalue weighted by Gasteiger charge is -2.34. The first-order valence-corrected chi connectivity index (χ1v) is 17.4. The van der Waals surface area contributed by atoms with Gasteiger partial charge in [-0.2, -0.15) is 0 Å². The Morgan fingerprint density at radius 2 is 0.882 bits per heavy atom. The maximum Gasteiger partial charge on any atom is 0.0826 e. The van der Waals surface area contributed by atoms with Gasteiger partial charge in [-0.1, -0.05) is 151 Å². The topological polar surface area (TPSA) is 9.86 Å². The van der Waals surface area contributed by atoms with Gasteiger partial charge in [0.1, 0.15) is 0 Å². The second kappa shape index (κ2) is 11.2. The Bertz CT molecular complexity index is 2940. The fraction of sp³-hybridized carbons (Fsp3) is 0.184. The first-order chi connectivity index (χ1) is 28.7. The summed E-state index contributed by atoms with van der Waals surface area (Å²) in [5.41, 5.74) is 5.89. The molecular weight excluding hydrogens is 617 g/mol. The lowest BCUT2D eigenvalue weighted by Crippen LogP contribution is -2.28. The first kappa shape index (κ1) is 22.3. The van der Waals surface area contributed by atoms with E-state index in [2.05, 4.69) is 24.3 Å². The molecule has 51 heavy (non-hydrogen) atoms. The smallest absolute Gasteiger partial charge is 0.0826 e. The van der Waals surface area contributed by atoms with Crippen LogP contribution in [0.25, 0.3) is 44.3 Å². The molecule has 2 aromatic heterocycles. The minimum Gasteiger partial charge on any atom is -0.316 e. The molecule has 2 heterocycles. The molecule has 8 aromatic rings. The molecule has 9 rings (SSSR count). The summed E-state index contributed by atoms with van der Waals surface area (Å²) < 4.78 is 93.4. The van der Waals surface area contributed by atoms with E-state index in [-0.39, 0.29) is 71.7 Å². The summed E-state index contributed by atoms with van der Waals surface area (Å²) >= 11 is 0. The van der Waals surface area contributed by atoms with Crippen molar-refractivity contribution in [2.24, 2.45) is 0 Å². The number of benzene rings is 6. The second-order valence-corrected chi connectivity index (χ2v) is 15.5. The van der Waals surface area contributed by atoms with Crippen LogP contribution in [0, 0.1) is 0 Å². The van der Waals surface area contributed by atoms with Crippen molar-refractivity contribution in [3.05, 3.63) is 191 Å². The monoisotopic (exact) mass is 670 g/mol. The van der Waals surface area contributed by atoms with Crippen molar-refractivity contribution in [3.63, 3.8) is 0 Å². The molecule has 0 fully saturated rings. The Morgan fingerprint density at radius 3 is 1.27 bits per heavy atom. The van der Waals surface area contributed by atoms with E-state index in [1.54, 1.807) is 9.13 Å². The van der Waals surface area contributed by atoms with E-state index in [1.807, 2.05) is 114 Å². The normalized spacial score (nSPS) is 16.6. The Labute approximate surface area is 315 Å². The molecule has 0 atom stereocenters. The van der Waals surface area contributed by atoms with Gasteiger partial charge in [-0.25, -0.2) is 0 Å². The van der Waals surface area contributed by atoms with Crippen LogP contribution in [-0.4, -0.2) is 9.13 Å². The van der Waals surface area contributed by atoms with E-state index >= 15 is 0 Å². The van der Waals surface area contributed by atoms with Gasteiger partial charge in [0.15, 0.2) is 0 Å². The summed E-state index contributed by atoms with van der Waals surface area (Å²) in [4.78, 5) is 0. The quantitative estimate of drug-likeness (QED) is 0.176. The minimum absolute atomic E-state index is 0.0824. The van der Waals surface area contributed by atoms with Crippen LogP contribution >= 0.6 is 0 Å². The third-order valence-electron chi connectivity index (χ3n) is 10.3. The van der Waals surface area contributed by atoms with E-state index < -0.39 is 16.2 Å². The van der Waals surface area contributed by atoms with Gasteiger partial charge in [0, 0.05) is 34.5 Å². The number of para-hydroxylation sites is 2. The molecular formula is C49H44N2. The van der Waals surface area contributed by atoms with Crippen LogP contribution in [0.2, 0.25) is 0 Å². The maximum atomic E-state index is 9.67. The van der Waals surface area contributed by atoms with Gasteiger partial charge in [0.2, 0.25) is 0 Å². The van der Waals surface area contributed by atoms with Crippen molar-refractivity contribution < 1.29 is 13.7 Å². The average molecular weight is 671 g/mol. The molecule has 0 saturated carbocycles. The molecule has 1 aliphatic carbocycles. The molecule has 2 heteroatoms. The predicted molar refractivity (Wildman–Crippen MR) is 215 cm³/mol. The van der Waals surface area contributed by atoms with Crippen LogP contribution < -0.4 is 0 Å². The summed E-state index contributed by atoms with van der Waals surface area (Å²) in [5, 5.41) is 0.652. The molecule has 0 saturated heterocycles. The molecule has 0 spiro atoms. The van der Waals surface area contributed by atoms with Gasteiger partial charge in [-0.3, -0.25) is 0 Å². The fourth-order valence-corrected chi connectivity index (χ4v) is 7.97. The molecule has 2 nitrogen and oxygen atoms in total. The van der Waals surface area contributed by atoms with E-state index in [4.69, 9.17) is 11.0 Å². The molecule has 6 aromatic carbocycles. The SMILES string of the molecule is [2H]c1c([2H])c([2H])c2c(c1[2H])c(C(C)(C)C)c([2H])n2-c1ccc2c(c1)C(c1ccccc1)(c1ccccc1)c1cc(-n3c([2H])c(C(C)(C)C)c4c([2H])c([2H])c([2H])c([2H])c43)ccc1-2. The number of fused-ring (bicyclic) bond motifs is 5. The van der Waals surface area contributed by atoms with E-state index in [1.165, 1.54) is 0 Å². The minimum atomic E-state index is -0.992. The molecule has 250 valence electrons. The van der Waals surface area contributed by atoms with Gasteiger partial charge >= 0.3 is 0 Å². The van der Waals surface area contributed by atoms with Crippen LogP contribution in [0.15, 0.2) is 158 Å². The zero-order valence-electron chi connectivity index (χ0n) is 39.6. The first-order valence-electron chi connectivity index (χ1n) is 22.4. The Morgan fingerprint density at radius 1 is 0.490 bits per heavy atom. The molecule has 0 amide bonds. The molecule has 0 aliphatic heterocycles. The van der Waals surface area contributed by atoms with E-state index in [0.717, 1.165) is 33.4 Å². The maximum absolute atomic E-state index is 9.67. The summed E-state index contributed by atoms with van der Waals surface area (Å²) in [6.07, 6.45) is 0.165. The highest BCUT2D eigenvalue weighted by atomic mass is 15.0. The van der Waals surface area contributed by atoms with Gasteiger partial charge in [-0.15, -0.1) is 0 Å². The van der Waals surface area contributed by atoms with Gasteiger partial charge in [-0.05, 0) is 91.7 Å². The van der Waals surface area contributed by atoms with Crippen molar-refractivity contribution in [2.45, 2.75) is 57.8 Å². The Balaban J connectivity index is 1.41. The lowest BCUT2D eigenvalue weighted by atomic mass is 9.67. The van der Waals surface area contributed by atoms with Crippen molar-refractivity contribution in [3.8, 4) is 22.5 Å². The van der Waals surface area contributed by atoms with E-state index in [9.17, 15) is 2.74 Å². The van der Waals surface area contributed by atoms with Crippen LogP contribution in [0.3, 0.4) is 0 Å². The van der Waals surface area contributed by atoms with Crippen molar-refractivity contribution in [1.82, 2.24) is 9.13 Å². The Hall–Kier alpha value is -5.60. The van der Waals surface area contributed by atoms with Crippen molar-refractivity contribution in [2.75, 3.05) is 0 Å². The zero-order chi connectivity index (χ0) is 43.8. The second-order valence-electron chi connectivity index (χ2n) is 15.5. The standard InChI is InChI=1S/C49H44N2/c1-47(2,3)43-31-50(45-23-15-13-21-39(43)45)35-25-27-37-38-28-26-36(51-32-44(48(4,5)6)40-22-14-16-24-46(40)51)30-42(38)49(41(37)29-35,33-17-9-7-10-18-33)34-19-11-8-12-20-34/h7-32H,1-6H3/i13D,14D,15D,16D,21D,22D,23D,24D,31D,32D. The molecule has 0 N–H and O–H groups in total. The van der Waals surface area contributed by atoms with Crippen LogP contribution in [-0.2, 0) is 16.2 Å². The van der Waals surface area contributed by atoms with Crippen LogP contribution in [0.1, 0.15) is 88.6 Å². The molecule has 0 radical (unpaired) electrons. The Kier molecular flexibility index (Phi) is 4.89. The van der Waals surface area contributed by atoms with E-state index in [0.29, 0.717) is 33.3 Å². The number of hydrogen-bond donors (Lipinski definition) is 0. The van der Waals surface area contributed by atoms with Gasteiger partial charge in [0.25, 0.3) is 0 Å². The third kappa shape index (κ3) is 4.69. The number of aromatic nitrogens is 2. The largest absolute Gasteiger partial charge is 0.316 e. The van der Waals surface area contributed by atoms with Crippen LogP contribution in [0.5, 0.6) is 0 Å². The zero-order valence-corrected chi connectivity index (χ0v) is 29.6.